The Bertz CT molecular complexity index is 198. The standard InChI is InChI=1S/C9H16N2O2/c10-8(12)5-6-11-9(13)7-3-1-2-4-7/h7H,1-6H2,(H2,10,12)(H,11,13). The summed E-state index contributed by atoms with van der Waals surface area (Å²) in [6.07, 6.45) is 4.51. The highest BCUT2D eigenvalue weighted by Gasteiger charge is 2.21. The first-order valence-corrected chi connectivity index (χ1v) is 4.76. The van der Waals surface area contributed by atoms with Crippen LogP contribution >= 0.6 is 0 Å². The molecule has 2 amide bonds. The Balaban J connectivity index is 2.13. The monoisotopic (exact) mass is 184 g/mol. The largest absolute Gasteiger partial charge is 0.370 e. The van der Waals surface area contributed by atoms with Gasteiger partial charge in [0, 0.05) is 18.9 Å². The van der Waals surface area contributed by atoms with E-state index in [0.29, 0.717) is 6.54 Å². The molecule has 0 aromatic heterocycles. The van der Waals surface area contributed by atoms with Crippen LogP contribution in [0.3, 0.4) is 0 Å². The lowest BCUT2D eigenvalue weighted by Gasteiger charge is -2.08. The minimum Gasteiger partial charge on any atom is -0.370 e. The van der Waals surface area contributed by atoms with Crippen molar-refractivity contribution in [2.24, 2.45) is 11.7 Å². The Morgan fingerprint density at radius 2 is 1.92 bits per heavy atom. The lowest BCUT2D eigenvalue weighted by Crippen LogP contribution is -2.32. The van der Waals surface area contributed by atoms with Gasteiger partial charge in [0.25, 0.3) is 0 Å². The first-order valence-electron chi connectivity index (χ1n) is 4.76. The number of hydrogen-bond donors (Lipinski definition) is 2. The molecule has 1 fully saturated rings. The van der Waals surface area contributed by atoms with Crippen molar-refractivity contribution in [3.63, 3.8) is 0 Å². The molecule has 3 N–H and O–H groups in total. The lowest BCUT2D eigenvalue weighted by atomic mass is 10.1. The van der Waals surface area contributed by atoms with E-state index >= 15 is 0 Å². The minimum atomic E-state index is -0.369. The van der Waals surface area contributed by atoms with E-state index in [4.69, 9.17) is 5.73 Å². The number of nitrogens with one attached hydrogen (secondary N) is 1. The third-order valence-electron chi connectivity index (χ3n) is 2.40. The van der Waals surface area contributed by atoms with Gasteiger partial charge in [-0.05, 0) is 12.8 Å². The molecule has 0 saturated heterocycles. The molecular weight excluding hydrogens is 168 g/mol. The molecule has 1 aliphatic rings. The van der Waals surface area contributed by atoms with E-state index in [0.717, 1.165) is 25.7 Å². The van der Waals surface area contributed by atoms with E-state index in [1.54, 1.807) is 0 Å². The van der Waals surface area contributed by atoms with Crippen LogP contribution in [0.15, 0.2) is 0 Å². The Morgan fingerprint density at radius 3 is 2.46 bits per heavy atom. The number of carbonyl (C=O) groups excluding carboxylic acids is 2. The predicted octanol–water partition coefficient (Wildman–Crippen LogP) is 0.168. The molecule has 1 saturated carbocycles. The molecule has 4 heteroatoms. The number of amides is 2. The number of nitrogens with two attached hydrogens (primary N) is 1. The van der Waals surface area contributed by atoms with Crippen LogP contribution in [0.25, 0.3) is 0 Å². The zero-order chi connectivity index (χ0) is 9.68. The summed E-state index contributed by atoms with van der Waals surface area (Å²) in [7, 11) is 0. The average Bonchev–Trinajstić information content (AvgIpc) is 2.55. The van der Waals surface area contributed by atoms with Gasteiger partial charge in [0.05, 0.1) is 0 Å². The van der Waals surface area contributed by atoms with Gasteiger partial charge in [-0.2, -0.15) is 0 Å². The van der Waals surface area contributed by atoms with Gasteiger partial charge >= 0.3 is 0 Å². The van der Waals surface area contributed by atoms with Crippen LogP contribution < -0.4 is 11.1 Å². The fourth-order valence-corrected chi connectivity index (χ4v) is 1.64. The van der Waals surface area contributed by atoms with Crippen LogP contribution in [-0.2, 0) is 9.59 Å². The molecule has 1 aliphatic carbocycles. The highest BCUT2D eigenvalue weighted by atomic mass is 16.2. The number of hydrogen-bond acceptors (Lipinski definition) is 2. The molecule has 1 rings (SSSR count). The van der Waals surface area contributed by atoms with Gasteiger partial charge in [-0.3, -0.25) is 9.59 Å². The summed E-state index contributed by atoms with van der Waals surface area (Å²) >= 11 is 0. The maximum Gasteiger partial charge on any atom is 0.223 e. The summed E-state index contributed by atoms with van der Waals surface area (Å²) in [6.45, 7) is 0.380. The third kappa shape index (κ3) is 3.44. The van der Waals surface area contributed by atoms with Gasteiger partial charge in [-0.15, -0.1) is 0 Å². The van der Waals surface area contributed by atoms with Gasteiger partial charge in [-0.25, -0.2) is 0 Å². The number of carbonyl (C=O) groups is 2. The Morgan fingerprint density at radius 1 is 1.31 bits per heavy atom. The maximum atomic E-state index is 11.4. The molecule has 0 aromatic carbocycles. The van der Waals surface area contributed by atoms with Crippen molar-refractivity contribution in [3.8, 4) is 0 Å². The van der Waals surface area contributed by atoms with Crippen LogP contribution in [0, 0.1) is 5.92 Å². The second-order valence-electron chi connectivity index (χ2n) is 3.49. The number of rotatable bonds is 4. The first-order chi connectivity index (χ1) is 6.20. The van der Waals surface area contributed by atoms with Gasteiger partial charge in [0.1, 0.15) is 0 Å². The summed E-state index contributed by atoms with van der Waals surface area (Å²) < 4.78 is 0. The summed E-state index contributed by atoms with van der Waals surface area (Å²) in [4.78, 5) is 21.7. The van der Waals surface area contributed by atoms with Gasteiger partial charge < -0.3 is 11.1 Å². The molecule has 0 heterocycles. The van der Waals surface area contributed by atoms with Crippen molar-refractivity contribution >= 4 is 11.8 Å². The summed E-state index contributed by atoms with van der Waals surface area (Å²) in [5, 5.41) is 2.72. The molecule has 0 unspecified atom stereocenters. The summed E-state index contributed by atoms with van der Waals surface area (Å²) in [6, 6.07) is 0. The van der Waals surface area contributed by atoms with Gasteiger partial charge in [0.15, 0.2) is 0 Å². The van der Waals surface area contributed by atoms with Crippen LogP contribution in [0.5, 0.6) is 0 Å². The van der Waals surface area contributed by atoms with E-state index < -0.39 is 0 Å². The second-order valence-corrected chi connectivity index (χ2v) is 3.49. The van der Waals surface area contributed by atoms with Crippen LogP contribution in [0.4, 0.5) is 0 Å². The van der Waals surface area contributed by atoms with Crippen molar-refractivity contribution < 1.29 is 9.59 Å². The molecule has 0 spiro atoms. The third-order valence-corrected chi connectivity index (χ3v) is 2.40. The van der Waals surface area contributed by atoms with Crippen molar-refractivity contribution in [3.05, 3.63) is 0 Å². The smallest absolute Gasteiger partial charge is 0.223 e. The van der Waals surface area contributed by atoms with E-state index in [1.807, 2.05) is 0 Å². The quantitative estimate of drug-likeness (QED) is 0.653. The number of primary amides is 1. The Labute approximate surface area is 77.9 Å². The predicted molar refractivity (Wildman–Crippen MR) is 48.8 cm³/mol. The second kappa shape index (κ2) is 4.84. The van der Waals surface area contributed by atoms with E-state index in [1.165, 1.54) is 0 Å². The first kappa shape index (κ1) is 10.0. The molecular formula is C9H16N2O2. The molecule has 0 aliphatic heterocycles. The van der Waals surface area contributed by atoms with E-state index in [2.05, 4.69) is 5.32 Å². The normalized spacial score (nSPS) is 17.2. The van der Waals surface area contributed by atoms with Crippen LogP contribution in [-0.4, -0.2) is 18.4 Å². The van der Waals surface area contributed by atoms with E-state index in [9.17, 15) is 9.59 Å². The van der Waals surface area contributed by atoms with Gasteiger partial charge in [0.2, 0.25) is 11.8 Å². The van der Waals surface area contributed by atoms with Crippen LogP contribution in [0.2, 0.25) is 0 Å². The summed E-state index contributed by atoms with van der Waals surface area (Å²) in [5.41, 5.74) is 4.94. The molecule has 0 bridgehead atoms. The molecule has 13 heavy (non-hydrogen) atoms. The Hall–Kier alpha value is -1.06. The minimum absolute atomic E-state index is 0.0822. The molecule has 0 radical (unpaired) electrons. The molecule has 0 atom stereocenters. The zero-order valence-corrected chi connectivity index (χ0v) is 7.71. The zero-order valence-electron chi connectivity index (χ0n) is 7.71. The lowest BCUT2D eigenvalue weighted by molar-refractivity contribution is -0.124. The maximum absolute atomic E-state index is 11.4. The van der Waals surface area contributed by atoms with Crippen molar-refractivity contribution in [2.45, 2.75) is 32.1 Å². The topological polar surface area (TPSA) is 72.2 Å². The summed E-state index contributed by atoms with van der Waals surface area (Å²) in [5.74, 6) is -0.113. The fraction of sp³-hybridized carbons (Fsp3) is 0.778. The van der Waals surface area contributed by atoms with Crippen molar-refractivity contribution in [1.29, 1.82) is 0 Å². The van der Waals surface area contributed by atoms with Crippen LogP contribution in [0.1, 0.15) is 32.1 Å². The van der Waals surface area contributed by atoms with Crippen molar-refractivity contribution in [1.82, 2.24) is 5.32 Å². The molecule has 74 valence electrons. The van der Waals surface area contributed by atoms with E-state index in [-0.39, 0.29) is 24.2 Å². The molecule has 0 aromatic rings. The highest BCUT2D eigenvalue weighted by Crippen LogP contribution is 2.24. The fourth-order valence-electron chi connectivity index (χ4n) is 1.64. The SMILES string of the molecule is NC(=O)CCNC(=O)C1CCCC1. The average molecular weight is 184 g/mol. The van der Waals surface area contributed by atoms with Gasteiger partial charge in [-0.1, -0.05) is 12.8 Å². The van der Waals surface area contributed by atoms with Crippen molar-refractivity contribution in [2.75, 3.05) is 6.54 Å². The molecule has 4 nitrogen and oxygen atoms in total. The Kier molecular flexibility index (Phi) is 3.73. The highest BCUT2D eigenvalue weighted by molar-refractivity contribution is 5.80.